The number of fused-ring (bicyclic) bond motifs is 8. The molecule has 0 radical (unpaired) electrons. The molecule has 1 aliphatic rings. The summed E-state index contributed by atoms with van der Waals surface area (Å²) < 4.78 is 27.0. The monoisotopic (exact) mass is 834 g/mol. The van der Waals surface area contributed by atoms with Crippen molar-refractivity contribution >= 4 is 11.4 Å². The second-order valence-corrected chi connectivity index (χ2v) is 15.7. The standard InChI is InChI=1S/C52H54N2O8/c1-5-27-59-49-37-11-9-13-39(49)33-47-45(35-15-21-43(22-16-35)53(55)56)26-20-42(52(47)62-30-8-4)32-38-12-10-14-40(50(38)60-28-6-2)34-48-46(36-17-23-44(24-18-36)54(57)58)25-19-41(31-37)51(48)61-29-7-3/h9-26H,5-8,27-34H2,1-4H3. The molecular formula is C52H54N2O8. The van der Waals surface area contributed by atoms with Gasteiger partial charge in [0, 0.05) is 61.1 Å². The number of benzene rings is 6. The number of para-hydroxylation sites is 2. The molecule has 0 amide bonds. The van der Waals surface area contributed by atoms with Gasteiger partial charge in [0.15, 0.2) is 0 Å². The van der Waals surface area contributed by atoms with Crippen LogP contribution in [0.4, 0.5) is 11.4 Å². The zero-order valence-corrected chi connectivity index (χ0v) is 36.0. The average molecular weight is 835 g/mol. The van der Waals surface area contributed by atoms with Crippen molar-refractivity contribution in [3.8, 4) is 45.3 Å². The normalized spacial score (nSPS) is 12.1. The van der Waals surface area contributed by atoms with Crippen LogP contribution >= 0.6 is 0 Å². The fourth-order valence-corrected chi connectivity index (χ4v) is 8.22. The van der Waals surface area contributed by atoms with E-state index in [9.17, 15) is 20.2 Å². The number of non-ortho nitro benzene ring substituents is 2. The van der Waals surface area contributed by atoms with E-state index in [1.165, 1.54) is 0 Å². The highest BCUT2D eigenvalue weighted by Crippen LogP contribution is 2.44. The molecule has 10 nitrogen and oxygen atoms in total. The highest BCUT2D eigenvalue weighted by Gasteiger charge is 2.25. The Morgan fingerprint density at radius 1 is 0.403 bits per heavy atom. The number of nitro benzene ring substituents is 2. The van der Waals surface area contributed by atoms with E-state index in [1.807, 2.05) is 24.3 Å². The van der Waals surface area contributed by atoms with Crippen molar-refractivity contribution in [2.24, 2.45) is 0 Å². The van der Waals surface area contributed by atoms with Crippen LogP contribution < -0.4 is 18.9 Å². The fourth-order valence-electron chi connectivity index (χ4n) is 8.22. The number of rotatable bonds is 16. The molecule has 8 bridgehead atoms. The molecule has 0 unspecified atom stereocenters. The molecule has 0 saturated heterocycles. The van der Waals surface area contributed by atoms with Gasteiger partial charge in [-0.25, -0.2) is 0 Å². The molecule has 10 heteroatoms. The Morgan fingerprint density at radius 2 is 0.710 bits per heavy atom. The maximum Gasteiger partial charge on any atom is 0.269 e. The summed E-state index contributed by atoms with van der Waals surface area (Å²) in [6.45, 7) is 10.4. The van der Waals surface area contributed by atoms with Gasteiger partial charge < -0.3 is 18.9 Å². The third-order valence-corrected chi connectivity index (χ3v) is 11.1. The van der Waals surface area contributed by atoms with Gasteiger partial charge in [-0.05, 0) is 106 Å². The lowest BCUT2D eigenvalue weighted by Gasteiger charge is -2.25. The zero-order valence-electron chi connectivity index (χ0n) is 36.0. The summed E-state index contributed by atoms with van der Waals surface area (Å²) in [5, 5.41) is 23.3. The number of hydrogen-bond donors (Lipinski definition) is 0. The van der Waals surface area contributed by atoms with Gasteiger partial charge in [0.05, 0.1) is 36.3 Å². The summed E-state index contributed by atoms with van der Waals surface area (Å²) in [4.78, 5) is 22.6. The highest BCUT2D eigenvalue weighted by atomic mass is 16.6. The average Bonchev–Trinajstić information content (AvgIpc) is 3.28. The predicted molar refractivity (Wildman–Crippen MR) is 244 cm³/mol. The van der Waals surface area contributed by atoms with Gasteiger partial charge >= 0.3 is 0 Å². The highest BCUT2D eigenvalue weighted by molar-refractivity contribution is 5.75. The van der Waals surface area contributed by atoms with Crippen molar-refractivity contribution in [3.05, 3.63) is 174 Å². The number of nitrogens with zero attached hydrogens (tertiary/aromatic N) is 2. The van der Waals surface area contributed by atoms with Gasteiger partial charge in [-0.1, -0.05) is 88.4 Å². The van der Waals surface area contributed by atoms with Gasteiger partial charge in [-0.2, -0.15) is 0 Å². The molecule has 6 aromatic rings. The van der Waals surface area contributed by atoms with Crippen molar-refractivity contribution in [1.82, 2.24) is 0 Å². The first-order valence-corrected chi connectivity index (χ1v) is 21.8. The topological polar surface area (TPSA) is 123 Å². The Bertz CT molecular complexity index is 2360. The van der Waals surface area contributed by atoms with E-state index in [4.69, 9.17) is 18.9 Å². The zero-order chi connectivity index (χ0) is 43.6. The van der Waals surface area contributed by atoms with E-state index in [2.05, 4.69) is 88.4 Å². The van der Waals surface area contributed by atoms with Gasteiger partial charge in [-0.3, -0.25) is 20.2 Å². The van der Waals surface area contributed by atoms with Gasteiger partial charge in [0.25, 0.3) is 11.4 Å². The SMILES string of the molecule is CCCOc1c2cccc1Cc1c(-c3ccc([N+](=O)[O-])cc3)ccc(c1OCCC)Cc1cccc(c1OCCC)Cc1c(-c3ccc([N+](=O)[O-])cc3)ccc(c1OCCC)C2. The maximum absolute atomic E-state index is 11.7. The predicted octanol–water partition coefficient (Wildman–Crippen LogP) is 12.7. The van der Waals surface area contributed by atoms with Gasteiger partial charge in [0.2, 0.25) is 0 Å². The van der Waals surface area contributed by atoms with Crippen molar-refractivity contribution in [1.29, 1.82) is 0 Å². The number of ether oxygens (including phenoxy) is 4. The Kier molecular flexibility index (Phi) is 14.2. The molecule has 0 saturated carbocycles. The van der Waals surface area contributed by atoms with E-state index in [0.717, 1.165) is 115 Å². The molecule has 0 spiro atoms. The second-order valence-electron chi connectivity index (χ2n) is 15.7. The molecule has 0 N–H and O–H groups in total. The fraction of sp³-hybridized carbons (Fsp3) is 0.308. The summed E-state index contributed by atoms with van der Waals surface area (Å²) in [7, 11) is 0. The maximum atomic E-state index is 11.7. The Hall–Kier alpha value is -6.68. The number of hydrogen-bond acceptors (Lipinski definition) is 8. The molecule has 6 aromatic carbocycles. The minimum absolute atomic E-state index is 0.0319. The van der Waals surface area contributed by atoms with Crippen LogP contribution in [0.15, 0.2) is 109 Å². The van der Waals surface area contributed by atoms with Gasteiger partial charge in [-0.15, -0.1) is 0 Å². The van der Waals surface area contributed by atoms with Crippen LogP contribution in [0.5, 0.6) is 23.0 Å². The van der Waals surface area contributed by atoms with Crippen molar-refractivity contribution in [2.45, 2.75) is 79.1 Å². The molecule has 1 aliphatic carbocycles. The smallest absolute Gasteiger partial charge is 0.269 e. The Labute approximate surface area is 363 Å². The summed E-state index contributed by atoms with van der Waals surface area (Å²) >= 11 is 0. The third kappa shape index (κ3) is 9.60. The molecule has 0 aliphatic heterocycles. The van der Waals surface area contributed by atoms with E-state index < -0.39 is 0 Å². The third-order valence-electron chi connectivity index (χ3n) is 11.1. The molecular weight excluding hydrogens is 781 g/mol. The second kappa shape index (κ2) is 20.3. The molecule has 7 rings (SSSR count). The van der Waals surface area contributed by atoms with Crippen LogP contribution in [0.3, 0.4) is 0 Å². The Balaban J connectivity index is 1.52. The van der Waals surface area contributed by atoms with Crippen molar-refractivity contribution in [2.75, 3.05) is 26.4 Å². The van der Waals surface area contributed by atoms with Gasteiger partial charge in [0.1, 0.15) is 23.0 Å². The first-order valence-electron chi connectivity index (χ1n) is 21.8. The summed E-state index contributed by atoms with van der Waals surface area (Å²) in [6.07, 6.45) is 5.25. The minimum atomic E-state index is -0.377. The lowest BCUT2D eigenvalue weighted by molar-refractivity contribution is -0.385. The summed E-state index contributed by atoms with van der Waals surface area (Å²) in [5.74, 6) is 3.19. The first kappa shape index (κ1) is 43.4. The van der Waals surface area contributed by atoms with E-state index in [1.54, 1.807) is 24.3 Å². The van der Waals surface area contributed by atoms with E-state index in [-0.39, 0.29) is 21.2 Å². The summed E-state index contributed by atoms with van der Waals surface area (Å²) in [6, 6.07) is 34.5. The van der Waals surface area contributed by atoms with Crippen molar-refractivity contribution in [3.63, 3.8) is 0 Å². The van der Waals surface area contributed by atoms with Crippen LogP contribution in [-0.4, -0.2) is 36.3 Å². The molecule has 0 heterocycles. The quantitative estimate of drug-likeness (QED) is 0.0696. The van der Waals surface area contributed by atoms with Crippen LogP contribution in [0.2, 0.25) is 0 Å². The molecule has 0 aromatic heterocycles. The lowest BCUT2D eigenvalue weighted by atomic mass is 9.86. The van der Waals surface area contributed by atoms with Crippen molar-refractivity contribution < 1.29 is 28.8 Å². The molecule has 62 heavy (non-hydrogen) atoms. The Morgan fingerprint density at radius 3 is 1.03 bits per heavy atom. The van der Waals surface area contributed by atoms with Crippen LogP contribution in [0.25, 0.3) is 22.3 Å². The largest absolute Gasteiger partial charge is 0.493 e. The molecule has 0 atom stereocenters. The lowest BCUT2D eigenvalue weighted by Crippen LogP contribution is -2.11. The number of nitro groups is 2. The van der Waals surface area contributed by atoms with E-state index in [0.29, 0.717) is 52.1 Å². The van der Waals surface area contributed by atoms with Crippen LogP contribution in [0, 0.1) is 20.2 Å². The van der Waals surface area contributed by atoms with Crippen LogP contribution in [0.1, 0.15) is 97.9 Å². The van der Waals surface area contributed by atoms with Crippen LogP contribution in [-0.2, 0) is 25.7 Å². The molecule has 0 fully saturated rings. The molecule has 320 valence electrons. The minimum Gasteiger partial charge on any atom is -0.493 e. The van der Waals surface area contributed by atoms with E-state index >= 15 is 0 Å². The first-order chi connectivity index (χ1) is 30.2. The summed E-state index contributed by atoms with van der Waals surface area (Å²) in [5.41, 5.74) is 11.6.